The van der Waals surface area contributed by atoms with Crippen LogP contribution >= 0.6 is 0 Å². The van der Waals surface area contributed by atoms with Gasteiger partial charge in [0.15, 0.2) is 0 Å². The number of aromatic nitrogens is 4. The number of carbonyl (C=O) groups excluding carboxylic acids is 1. The molecule has 2 aromatic heterocycles. The van der Waals surface area contributed by atoms with Gasteiger partial charge in [-0.3, -0.25) is 0 Å². The van der Waals surface area contributed by atoms with Crippen LogP contribution in [0.3, 0.4) is 0 Å². The van der Waals surface area contributed by atoms with E-state index in [2.05, 4.69) is 27.3 Å². The van der Waals surface area contributed by atoms with Crippen LogP contribution in [0.5, 0.6) is 5.75 Å². The van der Waals surface area contributed by atoms with Gasteiger partial charge in [-0.1, -0.05) is 6.42 Å². The van der Waals surface area contributed by atoms with Crippen LogP contribution in [-0.4, -0.2) is 61.9 Å². The first-order valence-corrected chi connectivity index (χ1v) is 14.1. The summed E-state index contributed by atoms with van der Waals surface area (Å²) < 4.78 is 44.1. The Hall–Kier alpha value is -3.50. The Morgan fingerprint density at radius 3 is 2.42 bits per heavy atom. The fourth-order valence-electron chi connectivity index (χ4n) is 6.10. The van der Waals surface area contributed by atoms with Crippen molar-refractivity contribution in [2.75, 3.05) is 25.0 Å². The highest BCUT2D eigenvalue weighted by atomic mass is 19.1. The third kappa shape index (κ3) is 4.94. The maximum atomic E-state index is 15.6. The zero-order valence-electron chi connectivity index (χ0n) is 23.6. The van der Waals surface area contributed by atoms with Gasteiger partial charge in [0.05, 0.1) is 23.4 Å². The molecule has 6 rings (SSSR count). The van der Waals surface area contributed by atoms with Gasteiger partial charge in [-0.25, -0.2) is 18.6 Å². The van der Waals surface area contributed by atoms with E-state index in [9.17, 15) is 4.79 Å². The number of piperidine rings is 1. The lowest BCUT2D eigenvalue weighted by Crippen LogP contribution is -2.37. The number of benzene rings is 1. The van der Waals surface area contributed by atoms with E-state index in [0.29, 0.717) is 60.3 Å². The number of aryl methyl sites for hydroxylation is 1. The van der Waals surface area contributed by atoms with Gasteiger partial charge in [0, 0.05) is 37.2 Å². The van der Waals surface area contributed by atoms with E-state index in [1.807, 2.05) is 20.8 Å². The Morgan fingerprint density at radius 1 is 1.15 bits per heavy atom. The van der Waals surface area contributed by atoms with Crippen LogP contribution in [0.25, 0.3) is 16.9 Å². The number of nitrogens with zero attached hydrogens (tertiary/aromatic N) is 5. The second-order valence-corrected chi connectivity index (χ2v) is 12.5. The van der Waals surface area contributed by atoms with Crippen molar-refractivity contribution >= 4 is 17.7 Å². The van der Waals surface area contributed by atoms with Gasteiger partial charge in [0.25, 0.3) is 5.78 Å². The molecule has 2 unspecified atom stereocenters. The number of halogens is 2. The van der Waals surface area contributed by atoms with E-state index in [0.717, 1.165) is 12.8 Å². The average molecular weight is 555 g/mol. The van der Waals surface area contributed by atoms with Crippen molar-refractivity contribution in [2.24, 2.45) is 23.7 Å². The summed E-state index contributed by atoms with van der Waals surface area (Å²) in [7, 11) is 0. The van der Waals surface area contributed by atoms with Gasteiger partial charge in [0.1, 0.15) is 35.1 Å². The Labute approximate surface area is 232 Å². The maximum absolute atomic E-state index is 15.6. The summed E-state index contributed by atoms with van der Waals surface area (Å²) in [5.74, 6) is 0.885. The number of hydrogen-bond donors (Lipinski definition) is 1. The Kier molecular flexibility index (Phi) is 6.58. The molecule has 0 radical (unpaired) electrons. The lowest BCUT2D eigenvalue weighted by molar-refractivity contribution is 0.0260. The topological polar surface area (TPSA) is 93.9 Å². The van der Waals surface area contributed by atoms with Crippen LogP contribution in [-0.2, 0) is 4.74 Å². The Morgan fingerprint density at radius 2 is 1.82 bits per heavy atom. The monoisotopic (exact) mass is 554 g/mol. The van der Waals surface area contributed by atoms with Crippen LogP contribution in [0, 0.1) is 42.2 Å². The molecule has 9 nitrogen and oxygen atoms in total. The summed E-state index contributed by atoms with van der Waals surface area (Å²) in [5.41, 5.74) is 0.0724. The molecule has 2 saturated carbocycles. The van der Waals surface area contributed by atoms with Crippen molar-refractivity contribution in [3.8, 4) is 16.9 Å². The SMILES string of the molecule is Cc1nc2ncnn2c(N[C@H](C)C2CCC2)c1-c1c(F)cc(OCC2C3CN(C(=O)OC(C)(C)C)CC23)cc1F. The molecule has 11 heteroatoms. The molecule has 0 bridgehead atoms. The van der Waals surface area contributed by atoms with E-state index < -0.39 is 17.2 Å². The highest BCUT2D eigenvalue weighted by molar-refractivity contribution is 5.80. The van der Waals surface area contributed by atoms with Gasteiger partial charge in [-0.15, -0.1) is 0 Å². The summed E-state index contributed by atoms with van der Waals surface area (Å²) in [6, 6.07) is 2.56. The largest absolute Gasteiger partial charge is 0.493 e. The highest BCUT2D eigenvalue weighted by Crippen LogP contribution is 2.52. The van der Waals surface area contributed by atoms with E-state index in [1.54, 1.807) is 11.8 Å². The highest BCUT2D eigenvalue weighted by Gasteiger charge is 2.57. The number of likely N-dealkylation sites (tertiary alicyclic amines) is 1. The molecule has 0 spiro atoms. The quantitative estimate of drug-likeness (QED) is 0.414. The first kappa shape index (κ1) is 26.7. The number of rotatable bonds is 7. The molecule has 1 N–H and O–H groups in total. The zero-order chi connectivity index (χ0) is 28.3. The van der Waals surface area contributed by atoms with Gasteiger partial charge in [-0.2, -0.15) is 14.6 Å². The minimum atomic E-state index is -0.731. The maximum Gasteiger partial charge on any atom is 0.410 e. The van der Waals surface area contributed by atoms with Crippen molar-refractivity contribution in [2.45, 2.75) is 65.5 Å². The van der Waals surface area contributed by atoms with Crippen molar-refractivity contribution in [3.63, 3.8) is 0 Å². The van der Waals surface area contributed by atoms with E-state index in [-0.39, 0.29) is 29.4 Å². The second-order valence-electron chi connectivity index (χ2n) is 12.5. The van der Waals surface area contributed by atoms with E-state index in [1.165, 1.54) is 29.4 Å². The molecular weight excluding hydrogens is 518 g/mol. The average Bonchev–Trinajstić information content (AvgIpc) is 3.15. The molecule has 1 amide bonds. The van der Waals surface area contributed by atoms with Crippen molar-refractivity contribution in [1.29, 1.82) is 0 Å². The molecule has 2 aliphatic carbocycles. The minimum Gasteiger partial charge on any atom is -0.493 e. The Bertz CT molecular complexity index is 1410. The molecule has 3 heterocycles. The number of carbonyl (C=O) groups is 1. The second kappa shape index (κ2) is 9.85. The lowest BCUT2D eigenvalue weighted by Gasteiger charge is -2.33. The number of anilines is 1. The number of nitrogens with one attached hydrogen (secondary N) is 1. The summed E-state index contributed by atoms with van der Waals surface area (Å²) in [6.45, 7) is 10.9. The van der Waals surface area contributed by atoms with Gasteiger partial charge in [-0.05, 0) is 65.2 Å². The smallest absolute Gasteiger partial charge is 0.410 e. The van der Waals surface area contributed by atoms with Crippen LogP contribution in [0.4, 0.5) is 19.4 Å². The summed E-state index contributed by atoms with van der Waals surface area (Å²) in [4.78, 5) is 22.7. The first-order chi connectivity index (χ1) is 19.0. The molecule has 214 valence electrons. The number of amides is 1. The zero-order valence-corrected chi connectivity index (χ0v) is 23.6. The van der Waals surface area contributed by atoms with Gasteiger partial charge in [0.2, 0.25) is 0 Å². The van der Waals surface area contributed by atoms with E-state index in [4.69, 9.17) is 9.47 Å². The molecular formula is C29H36F2N6O3. The number of ether oxygens (including phenoxy) is 2. The standard InChI is InChI=1S/C29H36F2N6O3/c1-15(17-7-6-8-17)34-26-24(16(2)35-27-32-14-33-37(26)27)25-22(30)9-18(10-23(25)31)39-13-21-19-11-36(12-20(19)21)28(38)40-29(3,4)5/h9-10,14-15,17,19-21,34H,6-8,11-13H2,1-5H3/t15-,19?,20?,21?/m1/s1. The molecule has 3 fully saturated rings. The van der Waals surface area contributed by atoms with Crippen molar-refractivity contribution in [3.05, 3.63) is 35.8 Å². The van der Waals surface area contributed by atoms with Crippen molar-refractivity contribution in [1.82, 2.24) is 24.5 Å². The third-order valence-corrected chi connectivity index (χ3v) is 8.56. The molecule has 1 saturated heterocycles. The minimum absolute atomic E-state index is 0.0969. The fourth-order valence-corrected chi connectivity index (χ4v) is 6.10. The van der Waals surface area contributed by atoms with Crippen LogP contribution in [0.1, 0.15) is 52.7 Å². The van der Waals surface area contributed by atoms with Gasteiger partial charge >= 0.3 is 6.09 Å². The summed E-state index contributed by atoms with van der Waals surface area (Å²) in [6.07, 6.45) is 4.50. The molecule has 1 aromatic carbocycles. The van der Waals surface area contributed by atoms with Crippen LogP contribution in [0.15, 0.2) is 18.5 Å². The van der Waals surface area contributed by atoms with Crippen molar-refractivity contribution < 1.29 is 23.0 Å². The van der Waals surface area contributed by atoms with Gasteiger partial charge < -0.3 is 19.7 Å². The predicted molar refractivity (Wildman–Crippen MR) is 145 cm³/mol. The number of fused-ring (bicyclic) bond motifs is 2. The molecule has 40 heavy (non-hydrogen) atoms. The van der Waals surface area contributed by atoms with Crippen LogP contribution in [0.2, 0.25) is 0 Å². The Balaban J connectivity index is 1.18. The summed E-state index contributed by atoms with van der Waals surface area (Å²) in [5, 5.41) is 7.74. The molecule has 3 aliphatic rings. The first-order valence-electron chi connectivity index (χ1n) is 14.1. The fraction of sp³-hybridized carbons (Fsp3) is 0.586. The molecule has 3 aromatic rings. The number of hydrogen-bond acceptors (Lipinski definition) is 7. The van der Waals surface area contributed by atoms with Crippen LogP contribution < -0.4 is 10.1 Å². The normalized spacial score (nSPS) is 23.1. The molecule has 1 aliphatic heterocycles. The summed E-state index contributed by atoms with van der Waals surface area (Å²) >= 11 is 0. The van der Waals surface area contributed by atoms with E-state index >= 15 is 8.78 Å². The molecule has 3 atom stereocenters. The third-order valence-electron chi connectivity index (χ3n) is 8.56. The lowest BCUT2D eigenvalue weighted by atomic mass is 9.80. The predicted octanol–water partition coefficient (Wildman–Crippen LogP) is 5.47.